The SMILES string of the molecule is O=C(NCCc1cccnc1)c1nn(Cc2ccc(Cl)cc2)c2ccccc12. The lowest BCUT2D eigenvalue weighted by atomic mass is 10.2. The van der Waals surface area contributed by atoms with Crippen molar-refractivity contribution in [3.05, 3.63) is 94.9 Å². The molecule has 1 amide bonds. The highest BCUT2D eigenvalue weighted by molar-refractivity contribution is 6.30. The average molecular weight is 391 g/mol. The standard InChI is InChI=1S/C22H19ClN4O/c23-18-9-7-17(8-10-18)15-27-20-6-2-1-5-19(20)21(26-27)22(28)25-13-11-16-4-3-12-24-14-16/h1-10,12,14H,11,13,15H2,(H,25,28). The van der Waals surface area contributed by atoms with Crippen molar-refractivity contribution in [2.45, 2.75) is 13.0 Å². The van der Waals surface area contributed by atoms with Crippen LogP contribution in [0.1, 0.15) is 21.6 Å². The molecule has 0 saturated carbocycles. The molecule has 2 aromatic carbocycles. The fraction of sp³-hybridized carbons (Fsp3) is 0.136. The molecule has 5 nitrogen and oxygen atoms in total. The maximum Gasteiger partial charge on any atom is 0.272 e. The summed E-state index contributed by atoms with van der Waals surface area (Å²) in [5.41, 5.74) is 3.52. The summed E-state index contributed by atoms with van der Waals surface area (Å²) < 4.78 is 1.86. The molecule has 0 aliphatic carbocycles. The van der Waals surface area contributed by atoms with E-state index >= 15 is 0 Å². The van der Waals surface area contributed by atoms with E-state index < -0.39 is 0 Å². The topological polar surface area (TPSA) is 59.8 Å². The Hall–Kier alpha value is -3.18. The smallest absolute Gasteiger partial charge is 0.272 e. The number of pyridine rings is 1. The number of rotatable bonds is 6. The molecule has 0 spiro atoms. The minimum atomic E-state index is -0.171. The number of benzene rings is 2. The van der Waals surface area contributed by atoms with Gasteiger partial charge in [0.15, 0.2) is 5.69 Å². The van der Waals surface area contributed by atoms with Crippen molar-refractivity contribution in [1.29, 1.82) is 0 Å². The van der Waals surface area contributed by atoms with E-state index in [4.69, 9.17) is 11.6 Å². The number of nitrogens with zero attached hydrogens (tertiary/aromatic N) is 3. The van der Waals surface area contributed by atoms with Gasteiger partial charge in [0, 0.05) is 29.3 Å². The molecule has 4 aromatic rings. The van der Waals surface area contributed by atoms with Crippen LogP contribution in [-0.4, -0.2) is 27.2 Å². The molecule has 0 unspecified atom stereocenters. The van der Waals surface area contributed by atoms with Crippen LogP contribution >= 0.6 is 11.6 Å². The van der Waals surface area contributed by atoms with Crippen molar-refractivity contribution in [1.82, 2.24) is 20.1 Å². The molecule has 140 valence electrons. The lowest BCUT2D eigenvalue weighted by molar-refractivity contribution is 0.0950. The van der Waals surface area contributed by atoms with Gasteiger partial charge in [0.05, 0.1) is 12.1 Å². The van der Waals surface area contributed by atoms with Gasteiger partial charge in [-0.15, -0.1) is 0 Å². The number of nitrogens with one attached hydrogen (secondary N) is 1. The number of halogens is 1. The maximum absolute atomic E-state index is 12.7. The summed E-state index contributed by atoms with van der Waals surface area (Å²) >= 11 is 5.97. The van der Waals surface area contributed by atoms with E-state index in [1.165, 1.54) is 0 Å². The summed E-state index contributed by atoms with van der Waals surface area (Å²) in [6, 6.07) is 19.3. The van der Waals surface area contributed by atoms with Crippen molar-refractivity contribution >= 4 is 28.4 Å². The van der Waals surface area contributed by atoms with Crippen LogP contribution < -0.4 is 5.32 Å². The van der Waals surface area contributed by atoms with Gasteiger partial charge in [-0.1, -0.05) is 48.0 Å². The van der Waals surface area contributed by atoms with Gasteiger partial charge in [-0.25, -0.2) is 0 Å². The van der Waals surface area contributed by atoms with Gasteiger partial charge in [-0.2, -0.15) is 5.10 Å². The molecule has 28 heavy (non-hydrogen) atoms. The Bertz CT molecular complexity index is 1090. The molecule has 0 aliphatic rings. The Balaban J connectivity index is 1.53. The first-order chi connectivity index (χ1) is 13.7. The number of carbonyl (C=O) groups is 1. The number of hydrogen-bond donors (Lipinski definition) is 1. The minimum absolute atomic E-state index is 0.171. The molecular weight excluding hydrogens is 372 g/mol. The van der Waals surface area contributed by atoms with Crippen LogP contribution in [0.25, 0.3) is 10.9 Å². The van der Waals surface area contributed by atoms with E-state index in [9.17, 15) is 4.79 Å². The van der Waals surface area contributed by atoms with Crippen LogP contribution in [0, 0.1) is 0 Å². The van der Waals surface area contributed by atoms with Crippen LogP contribution in [-0.2, 0) is 13.0 Å². The summed E-state index contributed by atoms with van der Waals surface area (Å²) in [6.07, 6.45) is 4.27. The Kier molecular flexibility index (Phi) is 5.35. The fourth-order valence-corrected chi connectivity index (χ4v) is 3.25. The van der Waals surface area contributed by atoms with E-state index in [-0.39, 0.29) is 5.91 Å². The second kappa shape index (κ2) is 8.23. The van der Waals surface area contributed by atoms with E-state index in [1.807, 2.05) is 71.5 Å². The molecule has 0 radical (unpaired) electrons. The van der Waals surface area contributed by atoms with Gasteiger partial charge >= 0.3 is 0 Å². The molecule has 0 bridgehead atoms. The van der Waals surface area contributed by atoms with Crippen LogP contribution in [0.5, 0.6) is 0 Å². The van der Waals surface area contributed by atoms with Gasteiger partial charge < -0.3 is 5.32 Å². The maximum atomic E-state index is 12.7. The molecule has 0 fully saturated rings. The first-order valence-corrected chi connectivity index (χ1v) is 9.45. The van der Waals surface area contributed by atoms with Gasteiger partial charge in [0.1, 0.15) is 0 Å². The minimum Gasteiger partial charge on any atom is -0.350 e. The molecule has 2 heterocycles. The van der Waals surface area contributed by atoms with Crippen LogP contribution in [0.3, 0.4) is 0 Å². The van der Waals surface area contributed by atoms with Crippen molar-refractivity contribution < 1.29 is 4.79 Å². The predicted octanol–water partition coefficient (Wildman–Crippen LogP) is 4.11. The van der Waals surface area contributed by atoms with Crippen molar-refractivity contribution in [2.24, 2.45) is 0 Å². The van der Waals surface area contributed by atoms with Crippen LogP contribution in [0.15, 0.2) is 73.1 Å². The lowest BCUT2D eigenvalue weighted by Gasteiger charge is -2.04. The second-order valence-electron chi connectivity index (χ2n) is 6.52. The molecule has 1 N–H and O–H groups in total. The zero-order valence-electron chi connectivity index (χ0n) is 15.2. The zero-order chi connectivity index (χ0) is 19.3. The molecule has 0 aliphatic heterocycles. The van der Waals surface area contributed by atoms with E-state index in [1.54, 1.807) is 6.20 Å². The first kappa shape index (κ1) is 18.2. The first-order valence-electron chi connectivity index (χ1n) is 9.08. The summed E-state index contributed by atoms with van der Waals surface area (Å²) in [6.45, 7) is 1.10. The van der Waals surface area contributed by atoms with Gasteiger partial charge in [-0.05, 0) is 41.8 Å². The number of fused-ring (bicyclic) bond motifs is 1. The van der Waals surface area contributed by atoms with Crippen molar-refractivity contribution in [2.75, 3.05) is 6.54 Å². The summed E-state index contributed by atoms with van der Waals surface area (Å²) in [4.78, 5) is 16.8. The third-order valence-corrected chi connectivity index (χ3v) is 4.79. The molecule has 2 aromatic heterocycles. The Morgan fingerprint density at radius 2 is 1.82 bits per heavy atom. The Morgan fingerprint density at radius 1 is 1.00 bits per heavy atom. The highest BCUT2D eigenvalue weighted by Gasteiger charge is 2.16. The van der Waals surface area contributed by atoms with E-state index in [0.29, 0.717) is 23.8 Å². The Morgan fingerprint density at radius 3 is 2.61 bits per heavy atom. The highest BCUT2D eigenvalue weighted by Crippen LogP contribution is 2.20. The third-order valence-electron chi connectivity index (χ3n) is 4.54. The molecule has 6 heteroatoms. The van der Waals surface area contributed by atoms with E-state index in [0.717, 1.165) is 28.5 Å². The highest BCUT2D eigenvalue weighted by atomic mass is 35.5. The van der Waals surface area contributed by atoms with Gasteiger partial charge in [0.25, 0.3) is 5.91 Å². The molecule has 4 rings (SSSR count). The predicted molar refractivity (Wildman–Crippen MR) is 111 cm³/mol. The number of carbonyl (C=O) groups excluding carboxylic acids is 1. The molecular formula is C22H19ClN4O. The number of para-hydroxylation sites is 1. The quantitative estimate of drug-likeness (QED) is 0.539. The normalized spacial score (nSPS) is 10.9. The third kappa shape index (κ3) is 4.05. The van der Waals surface area contributed by atoms with Crippen molar-refractivity contribution in [3.8, 4) is 0 Å². The fourth-order valence-electron chi connectivity index (χ4n) is 3.13. The number of amides is 1. The monoisotopic (exact) mass is 390 g/mol. The lowest BCUT2D eigenvalue weighted by Crippen LogP contribution is -2.26. The van der Waals surface area contributed by atoms with E-state index in [2.05, 4.69) is 15.4 Å². The summed E-state index contributed by atoms with van der Waals surface area (Å²) in [5.74, 6) is -0.171. The number of aromatic nitrogens is 3. The largest absolute Gasteiger partial charge is 0.350 e. The van der Waals surface area contributed by atoms with Gasteiger partial charge in [-0.3, -0.25) is 14.5 Å². The zero-order valence-corrected chi connectivity index (χ0v) is 15.9. The molecule has 0 atom stereocenters. The summed E-state index contributed by atoms with van der Waals surface area (Å²) in [5, 5.41) is 9.10. The van der Waals surface area contributed by atoms with Crippen molar-refractivity contribution in [3.63, 3.8) is 0 Å². The number of hydrogen-bond acceptors (Lipinski definition) is 3. The van der Waals surface area contributed by atoms with Crippen LogP contribution in [0.2, 0.25) is 5.02 Å². The Labute approximate surface area is 168 Å². The molecule has 0 saturated heterocycles. The summed E-state index contributed by atoms with van der Waals surface area (Å²) in [7, 11) is 0. The average Bonchev–Trinajstić information content (AvgIpc) is 3.09. The second-order valence-corrected chi connectivity index (χ2v) is 6.95. The van der Waals surface area contributed by atoms with Gasteiger partial charge in [0.2, 0.25) is 0 Å². The van der Waals surface area contributed by atoms with Crippen LogP contribution in [0.4, 0.5) is 0 Å².